The molecular formula is C13H19N3S. The molecule has 17 heavy (non-hydrogen) atoms. The van der Waals surface area contributed by atoms with Crippen LogP contribution in [-0.2, 0) is 0 Å². The summed E-state index contributed by atoms with van der Waals surface area (Å²) in [6.07, 6.45) is 5.42. The van der Waals surface area contributed by atoms with Crippen molar-refractivity contribution in [2.24, 2.45) is 11.7 Å². The highest BCUT2D eigenvalue weighted by atomic mass is 32.1. The third kappa shape index (κ3) is 3.40. The van der Waals surface area contributed by atoms with E-state index in [9.17, 15) is 0 Å². The van der Waals surface area contributed by atoms with Gasteiger partial charge in [-0.2, -0.15) is 0 Å². The first-order valence-corrected chi connectivity index (χ1v) is 6.58. The van der Waals surface area contributed by atoms with Crippen molar-refractivity contribution in [2.45, 2.75) is 32.6 Å². The Hall–Kier alpha value is -1.16. The van der Waals surface area contributed by atoms with E-state index >= 15 is 0 Å². The van der Waals surface area contributed by atoms with Crippen molar-refractivity contribution in [1.29, 1.82) is 0 Å². The molecule has 0 amide bonds. The minimum atomic E-state index is 0.428. The fraction of sp³-hybridized carbons (Fsp3) is 0.538. The molecule has 3 nitrogen and oxygen atoms in total. The average molecular weight is 249 g/mol. The molecule has 1 aromatic heterocycles. The zero-order chi connectivity index (χ0) is 12.3. The minimum Gasteiger partial charge on any atom is -0.389 e. The zero-order valence-corrected chi connectivity index (χ0v) is 11.0. The number of rotatable bonds is 5. The number of aryl methyl sites for hydroxylation is 1. The summed E-state index contributed by atoms with van der Waals surface area (Å²) in [5.41, 5.74) is 7.47. The summed E-state index contributed by atoms with van der Waals surface area (Å²) in [4.78, 5) is 4.86. The molecule has 0 bridgehead atoms. The maximum absolute atomic E-state index is 5.63. The lowest BCUT2D eigenvalue weighted by Crippen LogP contribution is -2.16. The molecule has 1 aromatic rings. The quantitative estimate of drug-likeness (QED) is 0.788. The summed E-state index contributed by atoms with van der Waals surface area (Å²) in [6, 6.07) is 3.84. The van der Waals surface area contributed by atoms with Gasteiger partial charge >= 0.3 is 0 Å². The summed E-state index contributed by atoms with van der Waals surface area (Å²) in [6.45, 7) is 2.94. The number of nitrogens with one attached hydrogen (secondary N) is 1. The lowest BCUT2D eigenvalue weighted by atomic mass is 9.83. The van der Waals surface area contributed by atoms with E-state index in [1.165, 1.54) is 25.7 Å². The van der Waals surface area contributed by atoms with Crippen molar-refractivity contribution in [2.75, 3.05) is 11.9 Å². The van der Waals surface area contributed by atoms with Gasteiger partial charge in [0, 0.05) is 17.8 Å². The van der Waals surface area contributed by atoms with Gasteiger partial charge in [-0.05, 0) is 31.4 Å². The van der Waals surface area contributed by atoms with Crippen LogP contribution in [0.15, 0.2) is 12.1 Å². The number of hydrogen-bond donors (Lipinski definition) is 2. The maximum Gasteiger partial charge on any atom is 0.126 e. The number of hydrogen-bond acceptors (Lipinski definition) is 3. The van der Waals surface area contributed by atoms with Crippen LogP contribution in [0.2, 0.25) is 0 Å². The number of nitrogens with two attached hydrogens (primary N) is 1. The first kappa shape index (κ1) is 12.3. The fourth-order valence-electron chi connectivity index (χ4n) is 2.09. The van der Waals surface area contributed by atoms with Crippen molar-refractivity contribution in [3.63, 3.8) is 0 Å². The molecule has 0 radical (unpaired) electrons. The van der Waals surface area contributed by atoms with Gasteiger partial charge in [0.1, 0.15) is 10.8 Å². The molecule has 0 unspecified atom stereocenters. The lowest BCUT2D eigenvalue weighted by molar-refractivity contribution is 0.303. The number of pyridine rings is 1. The fourth-order valence-corrected chi connectivity index (χ4v) is 2.21. The lowest BCUT2D eigenvalue weighted by Gasteiger charge is -2.25. The first-order chi connectivity index (χ1) is 8.15. The van der Waals surface area contributed by atoms with Crippen LogP contribution in [0.4, 0.5) is 5.82 Å². The molecule has 3 N–H and O–H groups in total. The van der Waals surface area contributed by atoms with Crippen molar-refractivity contribution < 1.29 is 0 Å². The second-order valence-corrected chi connectivity index (χ2v) is 5.20. The third-order valence-electron chi connectivity index (χ3n) is 3.32. The van der Waals surface area contributed by atoms with Crippen LogP contribution in [0.25, 0.3) is 0 Å². The van der Waals surface area contributed by atoms with Crippen LogP contribution in [0.1, 0.15) is 36.9 Å². The predicted octanol–water partition coefficient (Wildman–Crippen LogP) is 2.63. The largest absolute Gasteiger partial charge is 0.389 e. The van der Waals surface area contributed by atoms with Crippen LogP contribution < -0.4 is 11.1 Å². The first-order valence-electron chi connectivity index (χ1n) is 6.17. The normalized spacial score (nSPS) is 15.4. The van der Waals surface area contributed by atoms with E-state index in [1.807, 2.05) is 19.1 Å². The molecule has 1 aliphatic carbocycles. The summed E-state index contributed by atoms with van der Waals surface area (Å²) >= 11 is 4.99. The Morgan fingerprint density at radius 1 is 1.53 bits per heavy atom. The molecule has 0 spiro atoms. The third-order valence-corrected chi connectivity index (χ3v) is 3.56. The predicted molar refractivity (Wildman–Crippen MR) is 75.3 cm³/mol. The van der Waals surface area contributed by atoms with Crippen LogP contribution in [0.3, 0.4) is 0 Å². The standard InChI is InChI=1S/C13H19N3S/c1-9-7-11(13(14)17)8-12(16-9)15-6-5-10-3-2-4-10/h7-8,10H,2-6H2,1H3,(H2,14,17)(H,15,16). The molecule has 1 saturated carbocycles. The molecule has 1 heterocycles. The molecule has 92 valence electrons. The van der Waals surface area contributed by atoms with Gasteiger partial charge in [0.05, 0.1) is 0 Å². The topological polar surface area (TPSA) is 50.9 Å². The minimum absolute atomic E-state index is 0.428. The van der Waals surface area contributed by atoms with Crippen molar-refractivity contribution >= 4 is 23.0 Å². The summed E-state index contributed by atoms with van der Waals surface area (Å²) in [7, 11) is 0. The SMILES string of the molecule is Cc1cc(C(N)=S)cc(NCCC2CCC2)n1. The molecule has 0 aromatic carbocycles. The van der Waals surface area contributed by atoms with Gasteiger partial charge in [0.2, 0.25) is 0 Å². The molecule has 1 aliphatic rings. The van der Waals surface area contributed by atoms with E-state index in [0.29, 0.717) is 4.99 Å². The van der Waals surface area contributed by atoms with Crippen molar-refractivity contribution in [3.8, 4) is 0 Å². The van der Waals surface area contributed by atoms with E-state index < -0.39 is 0 Å². The van der Waals surface area contributed by atoms with Gasteiger partial charge in [0.15, 0.2) is 0 Å². The molecule has 4 heteroatoms. The Morgan fingerprint density at radius 3 is 2.88 bits per heavy atom. The molecule has 0 atom stereocenters. The highest BCUT2D eigenvalue weighted by Gasteiger charge is 2.16. The Kier molecular flexibility index (Phi) is 3.94. The summed E-state index contributed by atoms with van der Waals surface area (Å²) in [5, 5.41) is 3.35. The second kappa shape index (κ2) is 5.45. The Morgan fingerprint density at radius 2 is 2.29 bits per heavy atom. The monoisotopic (exact) mass is 249 g/mol. The number of thiocarbonyl (C=S) groups is 1. The Labute approximate surface area is 108 Å². The van der Waals surface area contributed by atoms with Crippen molar-refractivity contribution in [1.82, 2.24) is 4.98 Å². The summed E-state index contributed by atoms with van der Waals surface area (Å²) < 4.78 is 0. The van der Waals surface area contributed by atoms with Crippen LogP contribution >= 0.6 is 12.2 Å². The van der Waals surface area contributed by atoms with E-state index in [2.05, 4.69) is 10.3 Å². The molecule has 0 aliphatic heterocycles. The maximum atomic E-state index is 5.63. The molecule has 2 rings (SSSR count). The summed E-state index contributed by atoms with van der Waals surface area (Å²) in [5.74, 6) is 1.80. The van der Waals surface area contributed by atoms with Crippen molar-refractivity contribution in [3.05, 3.63) is 23.4 Å². The second-order valence-electron chi connectivity index (χ2n) is 4.76. The van der Waals surface area contributed by atoms with E-state index in [-0.39, 0.29) is 0 Å². The van der Waals surface area contributed by atoms with Gasteiger partial charge < -0.3 is 11.1 Å². The highest BCUT2D eigenvalue weighted by molar-refractivity contribution is 7.80. The van der Waals surface area contributed by atoms with Gasteiger partial charge in [-0.25, -0.2) is 4.98 Å². The van der Waals surface area contributed by atoms with Gasteiger partial charge in [-0.1, -0.05) is 31.5 Å². The van der Waals surface area contributed by atoms with Crippen LogP contribution in [0.5, 0.6) is 0 Å². The van der Waals surface area contributed by atoms with Crippen LogP contribution in [0, 0.1) is 12.8 Å². The molecular weight excluding hydrogens is 230 g/mol. The van der Waals surface area contributed by atoms with Gasteiger partial charge in [-0.3, -0.25) is 0 Å². The van der Waals surface area contributed by atoms with Gasteiger partial charge in [-0.15, -0.1) is 0 Å². The zero-order valence-electron chi connectivity index (χ0n) is 10.2. The van der Waals surface area contributed by atoms with Crippen LogP contribution in [-0.4, -0.2) is 16.5 Å². The highest BCUT2D eigenvalue weighted by Crippen LogP contribution is 2.29. The van der Waals surface area contributed by atoms with E-state index in [1.54, 1.807) is 0 Å². The smallest absolute Gasteiger partial charge is 0.126 e. The van der Waals surface area contributed by atoms with E-state index in [4.69, 9.17) is 18.0 Å². The van der Waals surface area contributed by atoms with Gasteiger partial charge in [0.25, 0.3) is 0 Å². The number of nitrogens with zero attached hydrogens (tertiary/aromatic N) is 1. The molecule has 1 fully saturated rings. The average Bonchev–Trinajstić information content (AvgIpc) is 2.21. The number of aromatic nitrogens is 1. The Bertz CT molecular complexity index is 413. The molecule has 0 saturated heterocycles. The Balaban J connectivity index is 1.92. The number of anilines is 1. The van der Waals surface area contributed by atoms with E-state index in [0.717, 1.165) is 29.5 Å².